The molecule has 4 rings (SSSR count). The van der Waals surface area contributed by atoms with Crippen molar-refractivity contribution >= 4 is 40.8 Å². The predicted molar refractivity (Wildman–Crippen MR) is 216 cm³/mol. The lowest BCUT2D eigenvalue weighted by atomic mass is 9.92. The number of aryl methyl sites for hydroxylation is 1. The van der Waals surface area contributed by atoms with Crippen LogP contribution in [0.2, 0.25) is 0 Å². The average Bonchev–Trinajstić information content (AvgIpc) is 3.67. The zero-order chi connectivity index (χ0) is 40.2. The molecule has 0 spiro atoms. The Morgan fingerprint density at radius 1 is 0.964 bits per heavy atom. The van der Waals surface area contributed by atoms with Gasteiger partial charge in [0.1, 0.15) is 11.7 Å². The lowest BCUT2D eigenvalue weighted by molar-refractivity contribution is -0.142. The van der Waals surface area contributed by atoms with Gasteiger partial charge in [-0.1, -0.05) is 108 Å². The van der Waals surface area contributed by atoms with Gasteiger partial charge in [-0.15, -0.1) is 11.3 Å². The van der Waals surface area contributed by atoms with E-state index in [0.29, 0.717) is 12.8 Å². The summed E-state index contributed by atoms with van der Waals surface area (Å²) >= 11 is 1.07. The van der Waals surface area contributed by atoms with Crippen LogP contribution in [0.1, 0.15) is 110 Å². The molecule has 11 nitrogen and oxygen atoms in total. The number of nitrogens with one attached hydrogen (secondary N) is 2. The molecule has 2 heterocycles. The van der Waals surface area contributed by atoms with Gasteiger partial charge in [0.15, 0.2) is 10.8 Å². The third-order valence-electron chi connectivity index (χ3n) is 10.9. The smallest absolute Gasteiger partial charge is 0.306 e. The molecule has 0 bridgehead atoms. The number of likely N-dealkylation sites (N-methyl/N-ethyl adjacent to an activating group) is 1. The fraction of sp³-hybridized carbons (Fsp3) is 0.535. The van der Waals surface area contributed by atoms with Crippen molar-refractivity contribution in [1.82, 2.24) is 25.4 Å². The predicted octanol–water partition coefficient (Wildman–Crippen LogP) is 6.54. The van der Waals surface area contributed by atoms with E-state index in [2.05, 4.69) is 20.5 Å². The summed E-state index contributed by atoms with van der Waals surface area (Å²) in [5.74, 6) is -3.06. The van der Waals surface area contributed by atoms with E-state index in [1.165, 1.54) is 0 Å². The molecule has 298 valence electrons. The Labute approximate surface area is 330 Å². The van der Waals surface area contributed by atoms with Gasteiger partial charge in [0.2, 0.25) is 11.8 Å². The number of carboxylic acids is 1. The fourth-order valence-corrected chi connectivity index (χ4v) is 7.88. The maximum absolute atomic E-state index is 14.8. The van der Waals surface area contributed by atoms with E-state index in [1.807, 2.05) is 96.3 Å². The second-order valence-corrected chi connectivity index (χ2v) is 16.5. The number of rotatable bonds is 19. The number of aromatic nitrogens is 1. The van der Waals surface area contributed by atoms with E-state index in [0.717, 1.165) is 53.8 Å². The molecular formula is C43H59N5O6S. The van der Waals surface area contributed by atoms with Gasteiger partial charge in [-0.05, 0) is 69.2 Å². The van der Waals surface area contributed by atoms with E-state index < -0.39 is 35.9 Å². The molecule has 1 aliphatic heterocycles. The highest BCUT2D eigenvalue weighted by atomic mass is 32.1. The average molecular weight is 774 g/mol. The van der Waals surface area contributed by atoms with Crippen LogP contribution in [0.4, 0.5) is 0 Å². The molecule has 1 aliphatic rings. The van der Waals surface area contributed by atoms with Gasteiger partial charge in [0.05, 0.1) is 12.0 Å². The second kappa shape index (κ2) is 20.5. The summed E-state index contributed by atoms with van der Waals surface area (Å²) in [5.41, 5.74) is 3.05. The molecule has 12 heteroatoms. The van der Waals surface area contributed by atoms with E-state index in [4.69, 9.17) is 0 Å². The van der Waals surface area contributed by atoms with Gasteiger partial charge in [-0.3, -0.25) is 28.9 Å². The zero-order valence-corrected chi connectivity index (χ0v) is 34.2. The second-order valence-electron chi connectivity index (χ2n) is 15.6. The zero-order valence-electron chi connectivity index (χ0n) is 33.4. The lowest BCUT2D eigenvalue weighted by Gasteiger charge is -2.39. The number of carbonyl (C=O) groups excluding carboxylic acids is 4. The number of hydrogen-bond acceptors (Lipinski definition) is 8. The topological polar surface area (TPSA) is 149 Å². The Balaban J connectivity index is 1.56. The summed E-state index contributed by atoms with van der Waals surface area (Å²) in [5, 5.41) is 17.4. The van der Waals surface area contributed by atoms with Crippen molar-refractivity contribution in [3.05, 3.63) is 87.4 Å². The van der Waals surface area contributed by atoms with Crippen LogP contribution in [0.15, 0.2) is 60.0 Å². The number of nitrogens with zero attached hydrogens (tertiary/aromatic N) is 3. The van der Waals surface area contributed by atoms with Gasteiger partial charge in [0.25, 0.3) is 5.91 Å². The third kappa shape index (κ3) is 12.3. The minimum Gasteiger partial charge on any atom is -0.481 e. The number of piperidine rings is 1. The number of carbonyl (C=O) groups is 5. The number of benzene rings is 2. The summed E-state index contributed by atoms with van der Waals surface area (Å²) in [6.07, 6.45) is 4.05. The van der Waals surface area contributed by atoms with Crippen LogP contribution in [-0.2, 0) is 27.3 Å². The van der Waals surface area contributed by atoms with E-state index >= 15 is 0 Å². The molecular weight excluding hydrogens is 715 g/mol. The molecule has 3 N–H and O–H groups in total. The van der Waals surface area contributed by atoms with Crippen molar-refractivity contribution in [2.45, 2.75) is 117 Å². The summed E-state index contributed by atoms with van der Waals surface area (Å²) in [6.45, 7) is 12.6. The van der Waals surface area contributed by atoms with Crippen LogP contribution in [0, 0.1) is 24.7 Å². The fourth-order valence-electron chi connectivity index (χ4n) is 7.13. The quantitative estimate of drug-likeness (QED) is 0.116. The Morgan fingerprint density at radius 3 is 2.27 bits per heavy atom. The molecule has 1 saturated heterocycles. The van der Waals surface area contributed by atoms with Gasteiger partial charge in [-0.2, -0.15) is 0 Å². The Kier molecular flexibility index (Phi) is 16.1. The SMILES string of the molecule is CCC(C)C(NC(=O)C1CCCCN1C)C(=O)N(Cc1ccccc1)[C@H](CC(=O)c1nc(C(=O)N[C@@H](Cc2ccc(C)cc2)C[C@H](C)C(=O)O)cs1)C(C)C. The van der Waals surface area contributed by atoms with Crippen LogP contribution in [0.25, 0.3) is 0 Å². The van der Waals surface area contributed by atoms with E-state index in [1.54, 1.807) is 17.2 Å². The molecule has 3 unspecified atom stereocenters. The van der Waals surface area contributed by atoms with Crippen molar-refractivity contribution in [3.8, 4) is 0 Å². The number of ketones is 1. The number of Topliss-reactive ketones (excluding diaryl/α,β-unsaturated/α-hetero) is 1. The molecule has 3 amide bonds. The number of likely N-dealkylation sites (tertiary alicyclic amines) is 1. The van der Waals surface area contributed by atoms with Crippen LogP contribution in [-0.4, -0.2) is 87.1 Å². The van der Waals surface area contributed by atoms with Crippen molar-refractivity contribution in [2.24, 2.45) is 17.8 Å². The van der Waals surface area contributed by atoms with Crippen LogP contribution in [0.5, 0.6) is 0 Å². The number of thiazole rings is 1. The molecule has 0 radical (unpaired) electrons. The minimum atomic E-state index is -0.945. The summed E-state index contributed by atoms with van der Waals surface area (Å²) in [7, 11) is 1.95. The summed E-state index contributed by atoms with van der Waals surface area (Å²) in [6, 6.07) is 15.4. The first kappa shape index (κ1) is 43.3. The molecule has 0 aliphatic carbocycles. The molecule has 2 aromatic carbocycles. The van der Waals surface area contributed by atoms with Crippen molar-refractivity contribution in [2.75, 3.05) is 13.6 Å². The third-order valence-corrected chi connectivity index (χ3v) is 11.7. The summed E-state index contributed by atoms with van der Waals surface area (Å²) < 4.78 is 0. The standard InChI is InChI=1S/C43H59N5O6S/c1-8-29(5)38(46-40(51)35-16-12-13-21-47(35)7)42(52)48(25-32-14-10-9-11-15-32)36(27(2)3)24-37(49)41-45-34(26-55-41)39(50)44-33(22-30(6)43(53)54)23-31-19-17-28(4)18-20-31/h9-11,14-15,17-20,26-27,29-30,33,35-36,38H,8,12-13,16,21-25H2,1-7H3,(H,44,50)(H,46,51)(H,53,54)/t29?,30-,33+,35?,36+,38?/m0/s1. The van der Waals surface area contributed by atoms with Crippen LogP contribution in [0.3, 0.4) is 0 Å². The highest BCUT2D eigenvalue weighted by molar-refractivity contribution is 7.12. The highest BCUT2D eigenvalue weighted by Crippen LogP contribution is 2.26. The first-order valence-corrected chi connectivity index (χ1v) is 20.5. The van der Waals surface area contributed by atoms with Crippen LogP contribution >= 0.6 is 11.3 Å². The molecule has 3 aromatic rings. The van der Waals surface area contributed by atoms with Gasteiger partial charge in [-0.25, -0.2) is 4.98 Å². The number of aliphatic carboxylic acids is 1. The maximum Gasteiger partial charge on any atom is 0.306 e. The number of amides is 3. The van der Waals surface area contributed by atoms with Crippen molar-refractivity contribution in [1.29, 1.82) is 0 Å². The Bertz CT molecular complexity index is 1750. The van der Waals surface area contributed by atoms with Crippen LogP contribution < -0.4 is 10.6 Å². The molecule has 1 aromatic heterocycles. The summed E-state index contributed by atoms with van der Waals surface area (Å²) in [4.78, 5) is 75.9. The van der Waals surface area contributed by atoms with E-state index in [-0.39, 0.29) is 65.6 Å². The Hall–Kier alpha value is -4.42. The van der Waals surface area contributed by atoms with Gasteiger partial charge < -0.3 is 20.6 Å². The first-order valence-electron chi connectivity index (χ1n) is 19.6. The van der Waals surface area contributed by atoms with Gasteiger partial charge in [0, 0.05) is 30.4 Å². The van der Waals surface area contributed by atoms with Crippen molar-refractivity contribution in [3.63, 3.8) is 0 Å². The highest BCUT2D eigenvalue weighted by Gasteiger charge is 2.38. The molecule has 1 fully saturated rings. The monoisotopic (exact) mass is 773 g/mol. The minimum absolute atomic E-state index is 0.0243. The number of hydrogen-bond donors (Lipinski definition) is 3. The van der Waals surface area contributed by atoms with Gasteiger partial charge >= 0.3 is 5.97 Å². The number of carboxylic acid groups (broad SMARTS) is 1. The van der Waals surface area contributed by atoms with E-state index in [9.17, 15) is 29.1 Å². The lowest BCUT2D eigenvalue weighted by Crippen LogP contribution is -2.58. The molecule has 55 heavy (non-hydrogen) atoms. The molecule has 6 atom stereocenters. The normalized spacial score (nSPS) is 17.4. The largest absolute Gasteiger partial charge is 0.481 e. The van der Waals surface area contributed by atoms with Crippen molar-refractivity contribution < 1.29 is 29.1 Å². The maximum atomic E-state index is 14.8. The first-order chi connectivity index (χ1) is 26.2. The Morgan fingerprint density at radius 2 is 1.65 bits per heavy atom. The molecule has 0 saturated carbocycles.